The van der Waals surface area contributed by atoms with Crippen molar-refractivity contribution in [1.29, 1.82) is 0 Å². The highest BCUT2D eigenvalue weighted by molar-refractivity contribution is 4.82. The monoisotopic (exact) mass is 180 g/mol. The van der Waals surface area contributed by atoms with Crippen LogP contribution in [0.4, 0.5) is 8.78 Å². The normalized spacial score (nSPS) is 33.2. The molecule has 0 aromatic rings. The molecular weight excluding hydrogens is 166 g/mol. The summed E-state index contributed by atoms with van der Waals surface area (Å²) in [5, 5.41) is 0. The molecule has 0 radical (unpaired) electrons. The maximum Gasteiger partial charge on any atom is 0.296 e. The molecule has 72 valence electrons. The lowest BCUT2D eigenvalue weighted by Gasteiger charge is -2.40. The highest BCUT2D eigenvalue weighted by Crippen LogP contribution is 2.34. The molecule has 0 spiro atoms. The minimum Gasteiger partial charge on any atom is -0.344 e. The van der Waals surface area contributed by atoms with Crippen molar-refractivity contribution in [3.63, 3.8) is 0 Å². The van der Waals surface area contributed by atoms with E-state index in [4.69, 9.17) is 9.47 Å². The first-order valence-corrected chi connectivity index (χ1v) is 4.07. The van der Waals surface area contributed by atoms with Gasteiger partial charge in [0, 0.05) is 0 Å². The molecule has 1 unspecified atom stereocenters. The molecular formula is C8H14F2O2. The van der Waals surface area contributed by atoms with Crippen molar-refractivity contribution in [3.8, 4) is 0 Å². The summed E-state index contributed by atoms with van der Waals surface area (Å²) in [5.74, 6) is -3.72. The maximum atomic E-state index is 13.0. The molecule has 0 aliphatic carbocycles. The molecule has 12 heavy (non-hydrogen) atoms. The van der Waals surface area contributed by atoms with Gasteiger partial charge in [-0.1, -0.05) is 6.92 Å². The summed E-state index contributed by atoms with van der Waals surface area (Å²) in [5.41, 5.74) is 0. The second kappa shape index (κ2) is 2.92. The Hall–Kier alpha value is -0.220. The quantitative estimate of drug-likeness (QED) is 0.615. The summed E-state index contributed by atoms with van der Waals surface area (Å²) in [6.45, 7) is 4.42. The van der Waals surface area contributed by atoms with E-state index in [1.807, 2.05) is 0 Å². The number of hydrogen-bond acceptors (Lipinski definition) is 2. The highest BCUT2D eigenvalue weighted by Gasteiger charge is 2.48. The van der Waals surface area contributed by atoms with Crippen LogP contribution in [0.5, 0.6) is 0 Å². The third-order valence-electron chi connectivity index (χ3n) is 1.88. The van der Waals surface area contributed by atoms with Crippen LogP contribution in [-0.2, 0) is 9.47 Å². The van der Waals surface area contributed by atoms with Crippen LogP contribution in [-0.4, -0.2) is 24.4 Å². The first kappa shape index (κ1) is 9.86. The van der Waals surface area contributed by atoms with E-state index in [1.54, 1.807) is 20.8 Å². The highest BCUT2D eigenvalue weighted by atomic mass is 19.3. The SMILES string of the molecule is CCC1OC(C)(C)OCC1(F)F. The summed E-state index contributed by atoms with van der Waals surface area (Å²) in [6, 6.07) is 0. The Bertz CT molecular complexity index is 168. The number of halogens is 2. The van der Waals surface area contributed by atoms with E-state index in [-0.39, 0.29) is 0 Å². The Morgan fingerprint density at radius 3 is 2.42 bits per heavy atom. The van der Waals surface area contributed by atoms with Gasteiger partial charge in [-0.05, 0) is 20.3 Å². The van der Waals surface area contributed by atoms with E-state index >= 15 is 0 Å². The lowest BCUT2D eigenvalue weighted by molar-refractivity contribution is -0.346. The topological polar surface area (TPSA) is 18.5 Å². The van der Waals surface area contributed by atoms with Crippen LogP contribution in [0.2, 0.25) is 0 Å². The molecule has 1 aliphatic heterocycles. The molecule has 0 bridgehead atoms. The largest absolute Gasteiger partial charge is 0.344 e. The van der Waals surface area contributed by atoms with E-state index < -0.39 is 24.4 Å². The lowest BCUT2D eigenvalue weighted by Crippen LogP contribution is -2.52. The van der Waals surface area contributed by atoms with Crippen LogP contribution in [0.1, 0.15) is 27.2 Å². The standard InChI is InChI=1S/C8H14F2O2/c1-4-6-8(9,10)5-11-7(2,3)12-6/h6H,4-5H2,1-3H3. The maximum absolute atomic E-state index is 13.0. The second-order valence-electron chi connectivity index (χ2n) is 3.46. The van der Waals surface area contributed by atoms with E-state index in [1.165, 1.54) is 0 Å². The zero-order valence-corrected chi connectivity index (χ0v) is 7.56. The molecule has 4 heteroatoms. The lowest BCUT2D eigenvalue weighted by atomic mass is 10.1. The van der Waals surface area contributed by atoms with Crippen molar-refractivity contribution >= 4 is 0 Å². The minimum atomic E-state index is -2.84. The fourth-order valence-corrected chi connectivity index (χ4v) is 1.21. The number of ether oxygens (including phenoxy) is 2. The summed E-state index contributed by atoms with van der Waals surface area (Å²) in [6.07, 6.45) is -0.707. The van der Waals surface area contributed by atoms with E-state index in [0.29, 0.717) is 6.42 Å². The fourth-order valence-electron chi connectivity index (χ4n) is 1.21. The van der Waals surface area contributed by atoms with Gasteiger partial charge in [-0.3, -0.25) is 0 Å². The van der Waals surface area contributed by atoms with E-state index in [2.05, 4.69) is 0 Å². The first-order valence-electron chi connectivity index (χ1n) is 4.07. The minimum absolute atomic E-state index is 0.305. The number of hydrogen-bond donors (Lipinski definition) is 0. The second-order valence-corrected chi connectivity index (χ2v) is 3.46. The zero-order chi connectivity index (χ0) is 9.41. The Morgan fingerprint density at radius 2 is 2.00 bits per heavy atom. The molecule has 1 fully saturated rings. The van der Waals surface area contributed by atoms with Gasteiger partial charge in [-0.2, -0.15) is 0 Å². The van der Waals surface area contributed by atoms with Crippen molar-refractivity contribution in [1.82, 2.24) is 0 Å². The van der Waals surface area contributed by atoms with E-state index in [9.17, 15) is 8.78 Å². The van der Waals surface area contributed by atoms with Crippen LogP contribution >= 0.6 is 0 Å². The summed E-state index contributed by atoms with van der Waals surface area (Å²) >= 11 is 0. The van der Waals surface area contributed by atoms with Crippen LogP contribution < -0.4 is 0 Å². The molecule has 1 rings (SSSR count). The van der Waals surface area contributed by atoms with Crippen LogP contribution in [0.15, 0.2) is 0 Å². The molecule has 0 aromatic carbocycles. The van der Waals surface area contributed by atoms with Gasteiger partial charge >= 0.3 is 0 Å². The van der Waals surface area contributed by atoms with Crippen molar-refractivity contribution in [3.05, 3.63) is 0 Å². The summed E-state index contributed by atoms with van der Waals surface area (Å²) in [7, 11) is 0. The van der Waals surface area contributed by atoms with Gasteiger partial charge in [-0.15, -0.1) is 0 Å². The predicted molar refractivity (Wildman–Crippen MR) is 40.1 cm³/mol. The predicted octanol–water partition coefficient (Wildman–Crippen LogP) is 2.18. The number of alkyl halides is 2. The fraction of sp³-hybridized carbons (Fsp3) is 1.00. The summed E-state index contributed by atoms with van der Waals surface area (Å²) < 4.78 is 35.8. The van der Waals surface area contributed by atoms with Gasteiger partial charge in [-0.25, -0.2) is 8.78 Å². The molecule has 1 heterocycles. The molecule has 1 aliphatic rings. The molecule has 0 aromatic heterocycles. The third kappa shape index (κ3) is 1.93. The molecule has 1 saturated heterocycles. The van der Waals surface area contributed by atoms with Gasteiger partial charge in [0.2, 0.25) is 0 Å². The van der Waals surface area contributed by atoms with Gasteiger partial charge in [0.25, 0.3) is 5.92 Å². The smallest absolute Gasteiger partial charge is 0.296 e. The van der Waals surface area contributed by atoms with Crippen LogP contribution in [0.3, 0.4) is 0 Å². The Labute approximate surface area is 70.8 Å². The Morgan fingerprint density at radius 1 is 1.42 bits per heavy atom. The van der Waals surface area contributed by atoms with Crippen molar-refractivity contribution in [2.45, 2.75) is 45.0 Å². The first-order chi connectivity index (χ1) is 5.37. The molecule has 0 saturated carbocycles. The Balaban J connectivity index is 2.67. The molecule has 1 atom stereocenters. The van der Waals surface area contributed by atoms with Gasteiger partial charge in [0.05, 0.1) is 0 Å². The average Bonchev–Trinajstić information content (AvgIpc) is 1.95. The van der Waals surface area contributed by atoms with Crippen molar-refractivity contribution < 1.29 is 18.3 Å². The molecule has 0 amide bonds. The van der Waals surface area contributed by atoms with Crippen LogP contribution in [0, 0.1) is 0 Å². The zero-order valence-electron chi connectivity index (χ0n) is 7.56. The summed E-state index contributed by atoms with van der Waals surface area (Å²) in [4.78, 5) is 0. The van der Waals surface area contributed by atoms with Crippen molar-refractivity contribution in [2.75, 3.05) is 6.61 Å². The van der Waals surface area contributed by atoms with Gasteiger partial charge < -0.3 is 9.47 Å². The average molecular weight is 180 g/mol. The van der Waals surface area contributed by atoms with Gasteiger partial charge in [0.1, 0.15) is 12.7 Å². The molecule has 2 nitrogen and oxygen atoms in total. The van der Waals surface area contributed by atoms with Gasteiger partial charge in [0.15, 0.2) is 5.79 Å². The molecule has 0 N–H and O–H groups in total. The van der Waals surface area contributed by atoms with Crippen molar-refractivity contribution in [2.24, 2.45) is 0 Å². The van der Waals surface area contributed by atoms with Crippen LogP contribution in [0.25, 0.3) is 0 Å². The number of rotatable bonds is 1. The Kier molecular flexibility index (Phi) is 2.40. The third-order valence-corrected chi connectivity index (χ3v) is 1.88. The van der Waals surface area contributed by atoms with E-state index in [0.717, 1.165) is 0 Å².